The Hall–Kier alpha value is -3.41. The van der Waals surface area contributed by atoms with Crippen molar-refractivity contribution in [1.82, 2.24) is 14.7 Å². The van der Waals surface area contributed by atoms with Crippen LogP contribution in [0.2, 0.25) is 0 Å². The first kappa shape index (κ1) is 19.4. The molecule has 0 aliphatic rings. The second-order valence-corrected chi connectivity index (χ2v) is 6.78. The van der Waals surface area contributed by atoms with Gasteiger partial charge < -0.3 is 10.4 Å². The van der Waals surface area contributed by atoms with E-state index < -0.39 is 17.9 Å². The molecule has 2 N–H and O–H groups in total. The highest BCUT2D eigenvalue weighted by atomic mass is 16.4. The summed E-state index contributed by atoms with van der Waals surface area (Å²) in [6, 6.07) is 11.1. The SMILES string of the molecule is CCC(NC(=O)/C=C/c1c(-c2ccc(C)cc2)nc2cc(C)ccn12)C(=O)O. The van der Waals surface area contributed by atoms with Crippen molar-refractivity contribution < 1.29 is 14.7 Å². The van der Waals surface area contributed by atoms with E-state index in [1.165, 1.54) is 6.08 Å². The zero-order valence-corrected chi connectivity index (χ0v) is 16.1. The van der Waals surface area contributed by atoms with Crippen LogP contribution in [0.4, 0.5) is 0 Å². The third-order valence-electron chi connectivity index (χ3n) is 4.56. The van der Waals surface area contributed by atoms with Gasteiger partial charge in [-0.2, -0.15) is 0 Å². The number of benzene rings is 1. The summed E-state index contributed by atoms with van der Waals surface area (Å²) >= 11 is 0. The van der Waals surface area contributed by atoms with Gasteiger partial charge in [-0.05, 0) is 44.0 Å². The van der Waals surface area contributed by atoms with E-state index in [0.29, 0.717) is 6.42 Å². The summed E-state index contributed by atoms with van der Waals surface area (Å²) < 4.78 is 1.92. The molecular weight excluding hydrogens is 354 g/mol. The van der Waals surface area contributed by atoms with Gasteiger partial charge in [0.05, 0.1) is 11.4 Å². The number of imidazole rings is 1. The van der Waals surface area contributed by atoms with E-state index in [9.17, 15) is 9.59 Å². The molecular formula is C22H23N3O3. The molecule has 6 nitrogen and oxygen atoms in total. The summed E-state index contributed by atoms with van der Waals surface area (Å²) in [5.41, 5.74) is 5.50. The Kier molecular flexibility index (Phi) is 5.59. The van der Waals surface area contributed by atoms with E-state index in [1.54, 1.807) is 13.0 Å². The number of amides is 1. The number of nitrogens with zero attached hydrogens (tertiary/aromatic N) is 2. The molecule has 6 heteroatoms. The molecule has 0 saturated carbocycles. The standard InChI is InChI=1S/C22H23N3O3/c1-4-17(22(27)28)23-20(26)10-9-18-21(16-7-5-14(2)6-8-16)24-19-13-15(3)11-12-25(18)19/h5-13,17H,4H2,1-3H3,(H,23,26)(H,27,28)/b10-9+. The molecule has 0 aliphatic carbocycles. The van der Waals surface area contributed by atoms with Gasteiger partial charge in [-0.15, -0.1) is 0 Å². The molecule has 1 unspecified atom stereocenters. The molecule has 1 atom stereocenters. The second-order valence-electron chi connectivity index (χ2n) is 6.78. The largest absolute Gasteiger partial charge is 0.480 e. The molecule has 0 bridgehead atoms. The van der Waals surface area contributed by atoms with E-state index in [4.69, 9.17) is 10.1 Å². The number of carbonyl (C=O) groups is 2. The lowest BCUT2D eigenvalue weighted by atomic mass is 10.1. The predicted octanol–water partition coefficient (Wildman–Crippen LogP) is 3.61. The lowest BCUT2D eigenvalue weighted by molar-refractivity contribution is -0.141. The van der Waals surface area contributed by atoms with Crippen LogP contribution in [0.1, 0.15) is 30.2 Å². The van der Waals surface area contributed by atoms with Gasteiger partial charge in [-0.25, -0.2) is 9.78 Å². The van der Waals surface area contributed by atoms with Crippen molar-refractivity contribution in [3.05, 3.63) is 65.5 Å². The maximum absolute atomic E-state index is 12.2. The fraction of sp³-hybridized carbons (Fsp3) is 0.227. The summed E-state index contributed by atoms with van der Waals surface area (Å²) in [7, 11) is 0. The van der Waals surface area contributed by atoms with Crippen molar-refractivity contribution >= 4 is 23.6 Å². The minimum atomic E-state index is -1.05. The van der Waals surface area contributed by atoms with Crippen molar-refractivity contribution in [3.63, 3.8) is 0 Å². The van der Waals surface area contributed by atoms with Crippen LogP contribution in [0.15, 0.2) is 48.7 Å². The van der Waals surface area contributed by atoms with E-state index in [0.717, 1.165) is 33.7 Å². The van der Waals surface area contributed by atoms with Crippen LogP contribution < -0.4 is 5.32 Å². The summed E-state index contributed by atoms with van der Waals surface area (Å²) in [5.74, 6) is -1.50. The highest BCUT2D eigenvalue weighted by Gasteiger charge is 2.17. The molecule has 144 valence electrons. The van der Waals surface area contributed by atoms with Crippen LogP contribution in [-0.2, 0) is 9.59 Å². The number of carbonyl (C=O) groups excluding carboxylic acids is 1. The molecule has 0 saturated heterocycles. The molecule has 0 radical (unpaired) electrons. The van der Waals surface area contributed by atoms with Crippen molar-refractivity contribution in [2.24, 2.45) is 0 Å². The highest BCUT2D eigenvalue weighted by Crippen LogP contribution is 2.26. The van der Waals surface area contributed by atoms with E-state index in [2.05, 4.69) is 5.32 Å². The van der Waals surface area contributed by atoms with Crippen molar-refractivity contribution in [3.8, 4) is 11.3 Å². The molecule has 3 aromatic rings. The van der Waals surface area contributed by atoms with Gasteiger partial charge in [0, 0.05) is 17.8 Å². The van der Waals surface area contributed by atoms with Crippen LogP contribution >= 0.6 is 0 Å². The number of nitrogens with one attached hydrogen (secondary N) is 1. The van der Waals surface area contributed by atoms with Gasteiger partial charge in [0.2, 0.25) is 5.91 Å². The van der Waals surface area contributed by atoms with Gasteiger partial charge >= 0.3 is 5.97 Å². The zero-order chi connectivity index (χ0) is 20.3. The summed E-state index contributed by atoms with van der Waals surface area (Å²) in [6.45, 7) is 5.74. The number of fused-ring (bicyclic) bond motifs is 1. The van der Waals surface area contributed by atoms with E-state index in [-0.39, 0.29) is 0 Å². The molecule has 1 aromatic carbocycles. The number of aromatic nitrogens is 2. The minimum Gasteiger partial charge on any atom is -0.480 e. The molecule has 0 spiro atoms. The lowest BCUT2D eigenvalue weighted by Crippen LogP contribution is -2.39. The quantitative estimate of drug-likeness (QED) is 0.643. The maximum atomic E-state index is 12.2. The van der Waals surface area contributed by atoms with Gasteiger partial charge in [-0.3, -0.25) is 9.20 Å². The third-order valence-corrected chi connectivity index (χ3v) is 4.56. The monoisotopic (exact) mass is 377 g/mol. The lowest BCUT2D eigenvalue weighted by Gasteiger charge is -2.10. The van der Waals surface area contributed by atoms with Gasteiger partial charge in [0.1, 0.15) is 11.7 Å². The Labute approximate surface area is 163 Å². The number of hydrogen-bond donors (Lipinski definition) is 2. The number of hydrogen-bond acceptors (Lipinski definition) is 3. The average Bonchev–Trinajstić information content (AvgIpc) is 3.02. The maximum Gasteiger partial charge on any atom is 0.326 e. The number of pyridine rings is 1. The number of carboxylic acids is 1. The Morgan fingerprint density at radius 2 is 1.89 bits per heavy atom. The third kappa shape index (κ3) is 4.11. The van der Waals surface area contributed by atoms with Gasteiger partial charge in [0.25, 0.3) is 0 Å². The first-order chi connectivity index (χ1) is 13.4. The molecule has 1 amide bonds. The van der Waals surface area contributed by atoms with Crippen LogP contribution in [-0.4, -0.2) is 32.4 Å². The Bertz CT molecular complexity index is 1050. The molecule has 3 rings (SSSR count). The van der Waals surface area contributed by atoms with Crippen molar-refractivity contribution in [1.29, 1.82) is 0 Å². The van der Waals surface area contributed by atoms with Crippen LogP contribution in [0, 0.1) is 13.8 Å². The van der Waals surface area contributed by atoms with Gasteiger partial charge in [0.15, 0.2) is 0 Å². The molecule has 0 aliphatic heterocycles. The Balaban J connectivity index is 2.01. The zero-order valence-electron chi connectivity index (χ0n) is 16.1. The second kappa shape index (κ2) is 8.08. The first-order valence-corrected chi connectivity index (χ1v) is 9.16. The smallest absolute Gasteiger partial charge is 0.326 e. The summed E-state index contributed by atoms with van der Waals surface area (Å²) in [4.78, 5) is 28.1. The minimum absolute atomic E-state index is 0.318. The average molecular weight is 377 g/mol. The number of aryl methyl sites for hydroxylation is 2. The fourth-order valence-electron chi connectivity index (χ4n) is 2.96. The Morgan fingerprint density at radius 3 is 2.54 bits per heavy atom. The van der Waals surface area contributed by atoms with Crippen LogP contribution in [0.3, 0.4) is 0 Å². The Morgan fingerprint density at radius 1 is 1.18 bits per heavy atom. The number of rotatable bonds is 6. The highest BCUT2D eigenvalue weighted by molar-refractivity contribution is 5.95. The number of carboxylic acid groups (broad SMARTS) is 1. The predicted molar refractivity (Wildman–Crippen MR) is 109 cm³/mol. The number of aliphatic carboxylic acids is 1. The van der Waals surface area contributed by atoms with Crippen molar-refractivity contribution in [2.45, 2.75) is 33.2 Å². The van der Waals surface area contributed by atoms with Crippen LogP contribution in [0.5, 0.6) is 0 Å². The topological polar surface area (TPSA) is 83.7 Å². The molecule has 0 fully saturated rings. The normalized spacial score (nSPS) is 12.4. The van der Waals surface area contributed by atoms with E-state index in [1.807, 2.05) is 60.8 Å². The van der Waals surface area contributed by atoms with Crippen molar-refractivity contribution in [2.75, 3.05) is 0 Å². The fourth-order valence-corrected chi connectivity index (χ4v) is 2.96. The molecule has 2 heterocycles. The molecule has 2 aromatic heterocycles. The first-order valence-electron chi connectivity index (χ1n) is 9.16. The molecule has 28 heavy (non-hydrogen) atoms. The van der Waals surface area contributed by atoms with Gasteiger partial charge in [-0.1, -0.05) is 36.8 Å². The van der Waals surface area contributed by atoms with E-state index >= 15 is 0 Å². The summed E-state index contributed by atoms with van der Waals surface area (Å²) in [6.07, 6.45) is 5.26. The summed E-state index contributed by atoms with van der Waals surface area (Å²) in [5, 5.41) is 11.6. The van der Waals surface area contributed by atoms with Crippen LogP contribution in [0.25, 0.3) is 23.0 Å².